The largest absolute Gasteiger partial charge is 0.327 e. The van der Waals surface area contributed by atoms with Crippen molar-refractivity contribution < 1.29 is 13.6 Å². The van der Waals surface area contributed by atoms with Gasteiger partial charge in [0.25, 0.3) is 0 Å². The van der Waals surface area contributed by atoms with Gasteiger partial charge in [-0.15, -0.1) is 0 Å². The number of halogens is 2. The fourth-order valence-corrected chi connectivity index (χ4v) is 0.237. The first kappa shape index (κ1) is 8.01. The molecule has 0 aromatic carbocycles. The van der Waals surface area contributed by atoms with Crippen LogP contribution in [0.15, 0.2) is 25.3 Å². The van der Waals surface area contributed by atoms with E-state index in [2.05, 4.69) is 13.2 Å². The summed E-state index contributed by atoms with van der Waals surface area (Å²) in [5.41, 5.74) is 0. The first-order chi connectivity index (χ1) is 4.04. The summed E-state index contributed by atoms with van der Waals surface area (Å²) in [6.45, 7) is 5.68. The van der Waals surface area contributed by atoms with Crippen LogP contribution in [0.4, 0.5) is 8.78 Å². The Hall–Kier alpha value is -0.990. The van der Waals surface area contributed by atoms with E-state index in [1.165, 1.54) is 0 Å². The Kier molecular flexibility index (Phi) is 2.25. The van der Waals surface area contributed by atoms with Crippen LogP contribution in [0, 0.1) is 0 Å². The Labute approximate surface area is 51.7 Å². The van der Waals surface area contributed by atoms with Crippen LogP contribution in [-0.2, 0) is 4.79 Å². The molecule has 1 nitrogen and oxygen atoms in total. The molecule has 0 aliphatic heterocycles. The minimum Gasteiger partial charge on any atom is -0.288 e. The SMILES string of the molecule is C=CC(=O)C(F)(F)C=C. The number of alkyl halides is 2. The third-order valence-electron chi connectivity index (χ3n) is 0.770. The second kappa shape index (κ2) is 2.53. The zero-order chi connectivity index (χ0) is 7.49. The maximum atomic E-state index is 12.0. The molecule has 0 amide bonds. The zero-order valence-corrected chi connectivity index (χ0v) is 4.73. The van der Waals surface area contributed by atoms with Crippen molar-refractivity contribution in [3.8, 4) is 0 Å². The molecule has 0 fully saturated rings. The van der Waals surface area contributed by atoms with Crippen molar-refractivity contribution in [1.29, 1.82) is 0 Å². The fraction of sp³-hybridized carbons (Fsp3) is 0.167. The summed E-state index contributed by atoms with van der Waals surface area (Å²) in [7, 11) is 0. The minimum absolute atomic E-state index is 0.289. The second-order valence-corrected chi connectivity index (χ2v) is 1.40. The maximum Gasteiger partial charge on any atom is 0.327 e. The molecule has 0 rings (SSSR count). The molecule has 0 aromatic rings. The van der Waals surface area contributed by atoms with Crippen molar-refractivity contribution in [2.24, 2.45) is 0 Å². The van der Waals surface area contributed by atoms with Gasteiger partial charge < -0.3 is 0 Å². The average Bonchev–Trinajstić information content (AvgIpc) is 1.86. The third kappa shape index (κ3) is 1.76. The molecule has 9 heavy (non-hydrogen) atoms. The lowest BCUT2D eigenvalue weighted by Gasteiger charge is -2.03. The summed E-state index contributed by atoms with van der Waals surface area (Å²) < 4.78 is 24.0. The first-order valence-corrected chi connectivity index (χ1v) is 2.23. The van der Waals surface area contributed by atoms with E-state index in [9.17, 15) is 13.6 Å². The highest BCUT2D eigenvalue weighted by Gasteiger charge is 2.31. The van der Waals surface area contributed by atoms with Gasteiger partial charge in [-0.3, -0.25) is 4.79 Å². The molecule has 3 heteroatoms. The number of carbonyl (C=O) groups excluding carboxylic acids is 1. The molecule has 0 unspecified atom stereocenters. The van der Waals surface area contributed by atoms with E-state index in [4.69, 9.17) is 0 Å². The van der Waals surface area contributed by atoms with Crippen molar-refractivity contribution in [2.45, 2.75) is 5.92 Å². The van der Waals surface area contributed by atoms with E-state index in [1.54, 1.807) is 0 Å². The van der Waals surface area contributed by atoms with Gasteiger partial charge in [-0.1, -0.05) is 13.2 Å². The molecule has 0 saturated heterocycles. The van der Waals surface area contributed by atoms with Crippen molar-refractivity contribution in [1.82, 2.24) is 0 Å². The predicted molar refractivity (Wildman–Crippen MR) is 30.3 cm³/mol. The Morgan fingerprint density at radius 1 is 1.44 bits per heavy atom. The Morgan fingerprint density at radius 2 is 1.89 bits per heavy atom. The minimum atomic E-state index is -3.44. The van der Waals surface area contributed by atoms with Gasteiger partial charge in [-0.2, -0.15) is 8.78 Å². The molecule has 0 bridgehead atoms. The number of hydrogen-bond donors (Lipinski definition) is 0. The van der Waals surface area contributed by atoms with Gasteiger partial charge in [0, 0.05) is 0 Å². The van der Waals surface area contributed by atoms with Gasteiger partial charge in [-0.05, 0) is 12.2 Å². The molecule has 0 heterocycles. The maximum absolute atomic E-state index is 12.0. The summed E-state index contributed by atoms with van der Waals surface area (Å²) in [6.07, 6.45) is 0.860. The number of ketones is 1. The molecule has 0 saturated carbocycles. The third-order valence-corrected chi connectivity index (χ3v) is 0.770. The highest BCUT2D eigenvalue weighted by atomic mass is 19.3. The van der Waals surface area contributed by atoms with E-state index in [-0.39, 0.29) is 6.08 Å². The Bertz CT molecular complexity index is 149. The molecule has 0 atom stereocenters. The Balaban J connectivity index is 4.31. The van der Waals surface area contributed by atoms with Crippen LogP contribution in [0.25, 0.3) is 0 Å². The van der Waals surface area contributed by atoms with E-state index < -0.39 is 11.7 Å². The van der Waals surface area contributed by atoms with Crippen LogP contribution in [0.1, 0.15) is 0 Å². The normalized spacial score (nSPS) is 10.4. The summed E-state index contributed by atoms with van der Waals surface area (Å²) in [6, 6.07) is 0. The predicted octanol–water partition coefficient (Wildman–Crippen LogP) is 1.56. The molecule has 0 aliphatic rings. The van der Waals surface area contributed by atoms with Crippen LogP contribution in [0.5, 0.6) is 0 Å². The second-order valence-electron chi connectivity index (χ2n) is 1.40. The van der Waals surface area contributed by atoms with E-state index in [0.717, 1.165) is 0 Å². The molecule has 0 N–H and O–H groups in total. The van der Waals surface area contributed by atoms with Crippen LogP contribution in [0.3, 0.4) is 0 Å². The summed E-state index contributed by atoms with van der Waals surface area (Å²) >= 11 is 0. The lowest BCUT2D eigenvalue weighted by Crippen LogP contribution is -2.22. The molecule has 0 radical (unpaired) electrons. The monoisotopic (exact) mass is 132 g/mol. The van der Waals surface area contributed by atoms with Gasteiger partial charge in [0.05, 0.1) is 0 Å². The highest BCUT2D eigenvalue weighted by Crippen LogP contribution is 2.15. The molecular formula is C6H6F2O. The van der Waals surface area contributed by atoms with E-state index in [1.807, 2.05) is 0 Å². The average molecular weight is 132 g/mol. The lowest BCUT2D eigenvalue weighted by molar-refractivity contribution is -0.131. The highest BCUT2D eigenvalue weighted by molar-refractivity contribution is 5.96. The van der Waals surface area contributed by atoms with Gasteiger partial charge in [0.15, 0.2) is 0 Å². The molecule has 0 spiro atoms. The van der Waals surface area contributed by atoms with Crippen molar-refractivity contribution in [3.05, 3.63) is 25.3 Å². The van der Waals surface area contributed by atoms with Crippen LogP contribution in [0.2, 0.25) is 0 Å². The fourth-order valence-electron chi connectivity index (χ4n) is 0.237. The molecule has 0 aliphatic carbocycles. The molecular weight excluding hydrogens is 126 g/mol. The van der Waals surface area contributed by atoms with Gasteiger partial charge >= 0.3 is 5.92 Å². The van der Waals surface area contributed by atoms with Crippen molar-refractivity contribution in [2.75, 3.05) is 0 Å². The van der Waals surface area contributed by atoms with Crippen LogP contribution in [-0.4, -0.2) is 11.7 Å². The van der Waals surface area contributed by atoms with E-state index >= 15 is 0 Å². The molecule has 50 valence electrons. The number of carbonyl (C=O) groups is 1. The van der Waals surface area contributed by atoms with Crippen LogP contribution >= 0.6 is 0 Å². The van der Waals surface area contributed by atoms with Gasteiger partial charge in [0.2, 0.25) is 5.78 Å². The smallest absolute Gasteiger partial charge is 0.288 e. The van der Waals surface area contributed by atoms with Gasteiger partial charge in [-0.25, -0.2) is 0 Å². The number of hydrogen-bond acceptors (Lipinski definition) is 1. The quantitative estimate of drug-likeness (QED) is 0.420. The lowest BCUT2D eigenvalue weighted by atomic mass is 10.2. The number of allylic oxidation sites excluding steroid dienone is 2. The standard InChI is InChI=1S/C6H6F2O/c1-3-5(9)6(7,8)4-2/h3-4H,1-2H2. The Morgan fingerprint density at radius 3 is 2.00 bits per heavy atom. The van der Waals surface area contributed by atoms with Crippen LogP contribution < -0.4 is 0 Å². The van der Waals surface area contributed by atoms with Crippen molar-refractivity contribution >= 4 is 5.78 Å². The summed E-state index contributed by atoms with van der Waals surface area (Å²) in [5.74, 6) is -4.76. The van der Waals surface area contributed by atoms with Gasteiger partial charge in [0.1, 0.15) is 0 Å². The summed E-state index contributed by atoms with van der Waals surface area (Å²) in [5, 5.41) is 0. The topological polar surface area (TPSA) is 17.1 Å². The van der Waals surface area contributed by atoms with Crippen molar-refractivity contribution in [3.63, 3.8) is 0 Å². The molecule has 0 aromatic heterocycles. The summed E-state index contributed by atoms with van der Waals surface area (Å²) in [4.78, 5) is 10.1. The zero-order valence-electron chi connectivity index (χ0n) is 4.73. The van der Waals surface area contributed by atoms with E-state index in [0.29, 0.717) is 6.08 Å². The number of rotatable bonds is 3. The first-order valence-electron chi connectivity index (χ1n) is 2.23.